The molecule has 88 valence electrons. The average molecular weight is 216 g/mol. The lowest BCUT2D eigenvalue weighted by Crippen LogP contribution is -2.42. The van der Waals surface area contributed by atoms with Gasteiger partial charge in [0.15, 0.2) is 0 Å². The zero-order valence-electron chi connectivity index (χ0n) is 9.16. The molecule has 1 atom stereocenters. The highest BCUT2D eigenvalue weighted by Crippen LogP contribution is 1.98. The number of carbonyl (C=O) groups excluding carboxylic acids is 1. The first-order chi connectivity index (χ1) is 7.07. The number of nitrogens with one attached hydrogen (secondary N) is 1. The Kier molecular flexibility index (Phi) is 7.62. The third-order valence-corrected chi connectivity index (χ3v) is 2.16. The van der Waals surface area contributed by atoms with Crippen molar-refractivity contribution in [3.8, 4) is 0 Å². The zero-order valence-corrected chi connectivity index (χ0v) is 9.16. The summed E-state index contributed by atoms with van der Waals surface area (Å²) in [5.41, 5.74) is 5.14. The van der Waals surface area contributed by atoms with Gasteiger partial charge >= 0.3 is 5.97 Å². The van der Waals surface area contributed by atoms with Crippen molar-refractivity contribution in [2.45, 2.75) is 45.1 Å². The lowest BCUT2D eigenvalue weighted by Gasteiger charge is -2.13. The van der Waals surface area contributed by atoms with E-state index in [-0.39, 0.29) is 12.8 Å². The van der Waals surface area contributed by atoms with Crippen molar-refractivity contribution >= 4 is 11.9 Å². The molecule has 0 aromatic carbocycles. The van der Waals surface area contributed by atoms with Crippen molar-refractivity contribution < 1.29 is 14.7 Å². The molecule has 1 amide bonds. The maximum atomic E-state index is 10.9. The number of primary amides is 1. The van der Waals surface area contributed by atoms with Gasteiger partial charge in [-0.1, -0.05) is 19.8 Å². The Morgan fingerprint density at radius 3 is 2.53 bits per heavy atom. The highest BCUT2D eigenvalue weighted by Gasteiger charge is 2.15. The van der Waals surface area contributed by atoms with Crippen LogP contribution in [0.2, 0.25) is 0 Å². The van der Waals surface area contributed by atoms with Crippen molar-refractivity contribution in [1.29, 1.82) is 0 Å². The lowest BCUT2D eigenvalue weighted by molar-refractivity contribution is -0.137. The number of nitrogens with two attached hydrogens (primary N) is 1. The molecular formula is C10H20N2O3. The molecule has 0 aliphatic heterocycles. The normalized spacial score (nSPS) is 12.3. The lowest BCUT2D eigenvalue weighted by atomic mass is 10.1. The van der Waals surface area contributed by atoms with Crippen LogP contribution in [0.1, 0.15) is 39.0 Å². The highest BCUT2D eigenvalue weighted by molar-refractivity contribution is 5.80. The van der Waals surface area contributed by atoms with Crippen LogP contribution >= 0.6 is 0 Å². The number of carbonyl (C=O) groups is 2. The molecule has 0 aromatic rings. The van der Waals surface area contributed by atoms with Crippen molar-refractivity contribution in [3.05, 3.63) is 0 Å². The number of hydrogen-bond acceptors (Lipinski definition) is 3. The maximum absolute atomic E-state index is 10.9. The van der Waals surface area contributed by atoms with Gasteiger partial charge in [-0.25, -0.2) is 0 Å². The number of hydrogen-bond donors (Lipinski definition) is 3. The molecule has 5 heteroatoms. The van der Waals surface area contributed by atoms with Crippen LogP contribution in [0, 0.1) is 0 Å². The summed E-state index contributed by atoms with van der Waals surface area (Å²) in [6.07, 6.45) is 3.41. The van der Waals surface area contributed by atoms with Gasteiger partial charge in [0.25, 0.3) is 0 Å². The minimum atomic E-state index is -0.906. The van der Waals surface area contributed by atoms with Crippen LogP contribution in [0.15, 0.2) is 0 Å². The van der Waals surface area contributed by atoms with Crippen molar-refractivity contribution in [2.24, 2.45) is 5.73 Å². The van der Waals surface area contributed by atoms with Gasteiger partial charge in [0.1, 0.15) is 0 Å². The van der Waals surface area contributed by atoms with E-state index in [2.05, 4.69) is 12.2 Å². The molecule has 0 bridgehead atoms. The first kappa shape index (κ1) is 13.9. The third-order valence-electron chi connectivity index (χ3n) is 2.16. The summed E-state index contributed by atoms with van der Waals surface area (Å²) < 4.78 is 0. The van der Waals surface area contributed by atoms with E-state index in [9.17, 15) is 9.59 Å². The zero-order chi connectivity index (χ0) is 11.7. The van der Waals surface area contributed by atoms with Crippen LogP contribution in [0.4, 0.5) is 0 Å². The SMILES string of the molecule is CCCCCNC(CCC(=O)O)C(N)=O. The molecule has 0 saturated carbocycles. The number of carboxylic acid groups (broad SMARTS) is 1. The first-order valence-corrected chi connectivity index (χ1v) is 5.32. The minimum Gasteiger partial charge on any atom is -0.481 e. The molecule has 0 aliphatic rings. The molecule has 0 fully saturated rings. The molecule has 15 heavy (non-hydrogen) atoms. The molecule has 0 aromatic heterocycles. The van der Waals surface area contributed by atoms with Crippen LogP contribution in [0.25, 0.3) is 0 Å². The second-order valence-electron chi connectivity index (χ2n) is 3.55. The fraction of sp³-hybridized carbons (Fsp3) is 0.800. The Morgan fingerprint density at radius 2 is 2.07 bits per heavy atom. The van der Waals surface area contributed by atoms with E-state index in [0.29, 0.717) is 6.54 Å². The monoisotopic (exact) mass is 216 g/mol. The number of amides is 1. The summed E-state index contributed by atoms with van der Waals surface area (Å²) in [5.74, 6) is -1.38. The van der Waals surface area contributed by atoms with E-state index >= 15 is 0 Å². The standard InChI is InChI=1S/C10H20N2O3/c1-2-3-4-7-12-8(10(11)15)5-6-9(13)14/h8,12H,2-7H2,1H3,(H2,11,15)(H,13,14). The molecule has 0 saturated heterocycles. The van der Waals surface area contributed by atoms with Gasteiger partial charge < -0.3 is 16.2 Å². The van der Waals surface area contributed by atoms with E-state index in [0.717, 1.165) is 19.3 Å². The molecule has 5 nitrogen and oxygen atoms in total. The van der Waals surface area contributed by atoms with Gasteiger partial charge in [-0.3, -0.25) is 9.59 Å². The van der Waals surface area contributed by atoms with E-state index < -0.39 is 17.9 Å². The molecule has 1 unspecified atom stereocenters. The summed E-state index contributed by atoms with van der Waals surface area (Å²) >= 11 is 0. The summed E-state index contributed by atoms with van der Waals surface area (Å²) in [6.45, 7) is 2.80. The van der Waals surface area contributed by atoms with Crippen LogP contribution < -0.4 is 11.1 Å². The second-order valence-corrected chi connectivity index (χ2v) is 3.55. The predicted octanol–water partition coefficient (Wildman–Crippen LogP) is 0.485. The Labute approximate surface area is 90.0 Å². The Morgan fingerprint density at radius 1 is 1.40 bits per heavy atom. The average Bonchev–Trinajstić information content (AvgIpc) is 2.15. The van der Waals surface area contributed by atoms with E-state index in [1.54, 1.807) is 0 Å². The summed E-state index contributed by atoms with van der Waals surface area (Å²) in [7, 11) is 0. The Hall–Kier alpha value is -1.10. The largest absolute Gasteiger partial charge is 0.481 e. The summed E-state index contributed by atoms with van der Waals surface area (Å²) in [5, 5.41) is 11.4. The number of rotatable bonds is 9. The van der Waals surface area contributed by atoms with E-state index in [4.69, 9.17) is 10.8 Å². The number of aliphatic carboxylic acids is 1. The maximum Gasteiger partial charge on any atom is 0.303 e. The number of unbranched alkanes of at least 4 members (excludes halogenated alkanes) is 2. The van der Waals surface area contributed by atoms with Gasteiger partial charge in [-0.05, 0) is 19.4 Å². The van der Waals surface area contributed by atoms with Crippen LogP contribution in [-0.2, 0) is 9.59 Å². The fourth-order valence-corrected chi connectivity index (χ4v) is 1.26. The summed E-state index contributed by atoms with van der Waals surface area (Å²) in [4.78, 5) is 21.3. The molecule has 0 aliphatic carbocycles. The molecular weight excluding hydrogens is 196 g/mol. The third kappa shape index (κ3) is 7.93. The first-order valence-electron chi connectivity index (χ1n) is 5.32. The second kappa shape index (κ2) is 8.23. The van der Waals surface area contributed by atoms with Crippen molar-refractivity contribution in [3.63, 3.8) is 0 Å². The Bertz CT molecular complexity index is 207. The Balaban J connectivity index is 3.73. The topological polar surface area (TPSA) is 92.4 Å². The molecule has 0 spiro atoms. The van der Waals surface area contributed by atoms with E-state index in [1.165, 1.54) is 0 Å². The molecule has 4 N–H and O–H groups in total. The predicted molar refractivity (Wildman–Crippen MR) is 57.4 cm³/mol. The van der Waals surface area contributed by atoms with Crippen LogP contribution in [0.5, 0.6) is 0 Å². The van der Waals surface area contributed by atoms with Gasteiger partial charge in [-0.15, -0.1) is 0 Å². The smallest absolute Gasteiger partial charge is 0.303 e. The quantitative estimate of drug-likeness (QED) is 0.489. The summed E-state index contributed by atoms with van der Waals surface area (Å²) in [6, 6.07) is -0.516. The van der Waals surface area contributed by atoms with E-state index in [1.807, 2.05) is 0 Å². The van der Waals surface area contributed by atoms with Crippen molar-refractivity contribution in [1.82, 2.24) is 5.32 Å². The molecule has 0 radical (unpaired) electrons. The van der Waals surface area contributed by atoms with Gasteiger partial charge in [0.05, 0.1) is 6.04 Å². The number of carboxylic acids is 1. The molecule has 0 rings (SSSR count). The van der Waals surface area contributed by atoms with Gasteiger partial charge in [0.2, 0.25) is 5.91 Å². The van der Waals surface area contributed by atoms with Crippen LogP contribution in [0.3, 0.4) is 0 Å². The molecule has 0 heterocycles. The highest BCUT2D eigenvalue weighted by atomic mass is 16.4. The fourth-order valence-electron chi connectivity index (χ4n) is 1.26. The van der Waals surface area contributed by atoms with Crippen LogP contribution in [-0.4, -0.2) is 29.6 Å². The van der Waals surface area contributed by atoms with Gasteiger partial charge in [-0.2, -0.15) is 0 Å². The van der Waals surface area contributed by atoms with Gasteiger partial charge in [0, 0.05) is 6.42 Å². The van der Waals surface area contributed by atoms with Crippen molar-refractivity contribution in [2.75, 3.05) is 6.54 Å². The minimum absolute atomic E-state index is 0.0333.